The molecule has 0 aliphatic rings. The predicted octanol–water partition coefficient (Wildman–Crippen LogP) is 1.73. The number of nitrogens with one attached hydrogen (secondary N) is 1. The molecule has 1 amide bonds. The zero-order valence-electron chi connectivity index (χ0n) is 13.5. The van der Waals surface area contributed by atoms with E-state index in [1.54, 1.807) is 49.8 Å². The lowest BCUT2D eigenvalue weighted by molar-refractivity contribution is 0.0952. The predicted molar refractivity (Wildman–Crippen MR) is 94.5 cm³/mol. The molecule has 128 valence electrons. The Kier molecular flexibility index (Phi) is 4.95. The molecule has 3 rings (SSSR count). The van der Waals surface area contributed by atoms with Crippen LogP contribution in [0.4, 0.5) is 0 Å². The Morgan fingerprint density at radius 1 is 1.28 bits per heavy atom. The van der Waals surface area contributed by atoms with Crippen molar-refractivity contribution in [1.82, 2.24) is 24.6 Å². The third-order valence-electron chi connectivity index (χ3n) is 3.66. The lowest BCUT2D eigenvalue weighted by atomic mass is 10.2. The van der Waals surface area contributed by atoms with Crippen LogP contribution in [-0.2, 0) is 13.6 Å². The van der Waals surface area contributed by atoms with Crippen LogP contribution in [0.1, 0.15) is 10.4 Å². The summed E-state index contributed by atoms with van der Waals surface area (Å²) in [6.45, 7) is 0.536. The van der Waals surface area contributed by atoms with Gasteiger partial charge in [0.05, 0.1) is 6.54 Å². The van der Waals surface area contributed by atoms with Gasteiger partial charge in [-0.25, -0.2) is 9.48 Å². The second-order valence-electron chi connectivity index (χ2n) is 5.40. The summed E-state index contributed by atoms with van der Waals surface area (Å²) in [4.78, 5) is 28.4. The number of hydrogen-bond donors (Lipinski definition) is 1. The molecule has 2 heterocycles. The van der Waals surface area contributed by atoms with Crippen molar-refractivity contribution >= 4 is 17.5 Å². The van der Waals surface area contributed by atoms with Gasteiger partial charge in [-0.05, 0) is 30.3 Å². The summed E-state index contributed by atoms with van der Waals surface area (Å²) in [7, 11) is 1.65. The Morgan fingerprint density at radius 2 is 2.12 bits per heavy atom. The van der Waals surface area contributed by atoms with E-state index in [-0.39, 0.29) is 24.7 Å². The van der Waals surface area contributed by atoms with E-state index < -0.39 is 0 Å². The molecule has 0 unspecified atom stereocenters. The second-order valence-corrected chi connectivity index (χ2v) is 5.83. The van der Waals surface area contributed by atoms with Gasteiger partial charge in [-0.3, -0.25) is 14.3 Å². The molecule has 0 spiro atoms. The van der Waals surface area contributed by atoms with Crippen LogP contribution in [-0.4, -0.2) is 31.8 Å². The molecule has 0 bridgehead atoms. The molecular formula is C17H16ClN5O2. The molecule has 25 heavy (non-hydrogen) atoms. The zero-order valence-corrected chi connectivity index (χ0v) is 14.3. The van der Waals surface area contributed by atoms with Crippen molar-refractivity contribution in [2.45, 2.75) is 6.54 Å². The van der Waals surface area contributed by atoms with E-state index in [0.717, 1.165) is 5.56 Å². The third-order valence-corrected chi connectivity index (χ3v) is 3.89. The number of hydrogen-bond acceptors (Lipinski definition) is 4. The molecule has 0 aliphatic heterocycles. The summed E-state index contributed by atoms with van der Waals surface area (Å²) in [5, 5.41) is 7.56. The summed E-state index contributed by atoms with van der Waals surface area (Å²) in [5.41, 5.74) is 0.969. The van der Waals surface area contributed by atoms with E-state index in [9.17, 15) is 9.59 Å². The van der Waals surface area contributed by atoms with Crippen LogP contribution in [0.15, 0.2) is 53.6 Å². The SMILES string of the molecule is Cn1c(-c2cccnc2)nn(CCNC(=O)c2cccc(Cl)c2)c1=O. The monoisotopic (exact) mass is 357 g/mol. The minimum Gasteiger partial charge on any atom is -0.350 e. The number of benzene rings is 1. The molecule has 0 aliphatic carbocycles. The van der Waals surface area contributed by atoms with Crippen LogP contribution in [0.5, 0.6) is 0 Å². The highest BCUT2D eigenvalue weighted by Gasteiger charge is 2.12. The number of carbonyl (C=O) groups excluding carboxylic acids is 1. The Bertz CT molecular complexity index is 949. The number of nitrogens with zero attached hydrogens (tertiary/aromatic N) is 4. The quantitative estimate of drug-likeness (QED) is 0.754. The van der Waals surface area contributed by atoms with E-state index in [1.165, 1.54) is 9.25 Å². The first kappa shape index (κ1) is 16.9. The van der Waals surface area contributed by atoms with E-state index in [2.05, 4.69) is 15.4 Å². The number of halogens is 1. The fraction of sp³-hybridized carbons (Fsp3) is 0.176. The van der Waals surface area contributed by atoms with Gasteiger partial charge in [-0.1, -0.05) is 17.7 Å². The first-order valence-corrected chi connectivity index (χ1v) is 8.02. The fourth-order valence-electron chi connectivity index (χ4n) is 2.39. The average molecular weight is 358 g/mol. The number of carbonyl (C=O) groups is 1. The fourth-order valence-corrected chi connectivity index (χ4v) is 2.58. The van der Waals surface area contributed by atoms with E-state index in [4.69, 9.17) is 11.6 Å². The molecule has 1 N–H and O–H groups in total. The lowest BCUT2D eigenvalue weighted by Gasteiger charge is -2.05. The van der Waals surface area contributed by atoms with Gasteiger partial charge in [0.2, 0.25) is 0 Å². The van der Waals surface area contributed by atoms with Crippen LogP contribution < -0.4 is 11.0 Å². The van der Waals surface area contributed by atoms with Crippen molar-refractivity contribution in [2.75, 3.05) is 6.54 Å². The van der Waals surface area contributed by atoms with Crippen molar-refractivity contribution in [3.8, 4) is 11.4 Å². The number of aromatic nitrogens is 4. The van der Waals surface area contributed by atoms with Crippen molar-refractivity contribution in [3.63, 3.8) is 0 Å². The van der Waals surface area contributed by atoms with Gasteiger partial charge in [-0.2, -0.15) is 0 Å². The molecule has 0 fully saturated rings. The maximum Gasteiger partial charge on any atom is 0.345 e. The van der Waals surface area contributed by atoms with Crippen LogP contribution in [0.25, 0.3) is 11.4 Å². The Labute approximate surface area is 148 Å². The van der Waals surface area contributed by atoms with Crippen LogP contribution >= 0.6 is 11.6 Å². The highest BCUT2D eigenvalue weighted by Crippen LogP contribution is 2.12. The Morgan fingerprint density at radius 3 is 2.84 bits per heavy atom. The second kappa shape index (κ2) is 7.31. The lowest BCUT2D eigenvalue weighted by Crippen LogP contribution is -2.31. The topological polar surface area (TPSA) is 81.8 Å². The highest BCUT2D eigenvalue weighted by atomic mass is 35.5. The minimum atomic E-state index is -0.254. The molecular weight excluding hydrogens is 342 g/mol. The summed E-state index contributed by atoms with van der Waals surface area (Å²) in [6.07, 6.45) is 3.30. The molecule has 3 aromatic rings. The largest absolute Gasteiger partial charge is 0.350 e. The van der Waals surface area contributed by atoms with Gasteiger partial charge in [0, 0.05) is 42.1 Å². The van der Waals surface area contributed by atoms with Crippen molar-refractivity contribution in [2.24, 2.45) is 7.05 Å². The Hall–Kier alpha value is -2.93. The molecule has 0 saturated heterocycles. The molecule has 7 nitrogen and oxygen atoms in total. The normalized spacial score (nSPS) is 10.6. The summed E-state index contributed by atoms with van der Waals surface area (Å²) in [6, 6.07) is 10.3. The highest BCUT2D eigenvalue weighted by molar-refractivity contribution is 6.30. The molecule has 2 aromatic heterocycles. The van der Waals surface area contributed by atoms with Crippen molar-refractivity contribution in [3.05, 3.63) is 69.9 Å². The van der Waals surface area contributed by atoms with Gasteiger partial charge in [0.1, 0.15) is 0 Å². The van der Waals surface area contributed by atoms with Crippen LogP contribution in [0.2, 0.25) is 5.02 Å². The summed E-state index contributed by atoms with van der Waals surface area (Å²) < 4.78 is 2.77. The minimum absolute atomic E-state index is 0.251. The van der Waals surface area contributed by atoms with Gasteiger partial charge in [0.15, 0.2) is 5.82 Å². The van der Waals surface area contributed by atoms with Gasteiger partial charge < -0.3 is 5.32 Å². The van der Waals surface area contributed by atoms with Crippen LogP contribution in [0, 0.1) is 0 Å². The number of amides is 1. The number of rotatable bonds is 5. The van der Waals surface area contributed by atoms with E-state index in [1.807, 2.05) is 6.07 Å². The van der Waals surface area contributed by atoms with Gasteiger partial charge in [-0.15, -0.1) is 5.10 Å². The van der Waals surface area contributed by atoms with Gasteiger partial charge in [0.25, 0.3) is 5.91 Å². The van der Waals surface area contributed by atoms with Crippen LogP contribution in [0.3, 0.4) is 0 Å². The molecule has 0 radical (unpaired) electrons. The Balaban J connectivity index is 1.68. The summed E-state index contributed by atoms with van der Waals surface area (Å²) >= 11 is 5.87. The zero-order chi connectivity index (χ0) is 17.8. The first-order valence-electron chi connectivity index (χ1n) is 7.64. The summed E-state index contributed by atoms with van der Waals surface area (Å²) in [5.74, 6) is 0.276. The maximum atomic E-state index is 12.3. The molecule has 1 aromatic carbocycles. The molecule has 8 heteroatoms. The van der Waals surface area contributed by atoms with Crippen molar-refractivity contribution in [1.29, 1.82) is 0 Å². The first-order chi connectivity index (χ1) is 12.1. The van der Waals surface area contributed by atoms with E-state index in [0.29, 0.717) is 16.4 Å². The van der Waals surface area contributed by atoms with E-state index >= 15 is 0 Å². The maximum absolute atomic E-state index is 12.3. The number of pyridine rings is 1. The van der Waals surface area contributed by atoms with Crippen molar-refractivity contribution < 1.29 is 4.79 Å². The molecule has 0 atom stereocenters. The smallest absolute Gasteiger partial charge is 0.345 e. The third kappa shape index (κ3) is 3.77. The standard InChI is InChI=1S/C17H16ClN5O2/c1-22-15(13-5-3-7-19-11-13)21-23(17(22)25)9-8-20-16(24)12-4-2-6-14(18)10-12/h2-7,10-11H,8-9H2,1H3,(H,20,24). The van der Waals surface area contributed by atoms with Gasteiger partial charge >= 0.3 is 5.69 Å². The molecule has 0 saturated carbocycles. The average Bonchev–Trinajstić information content (AvgIpc) is 2.91.